The lowest BCUT2D eigenvalue weighted by Gasteiger charge is -2.19. The number of aromatic nitrogens is 3. The number of aryl methyl sites for hydroxylation is 1. The van der Waals surface area contributed by atoms with Crippen LogP contribution < -0.4 is 21.5 Å². The lowest BCUT2D eigenvalue weighted by molar-refractivity contribution is -0.136. The molecule has 0 aliphatic heterocycles. The number of nitrogens with zero attached hydrogens (tertiary/aromatic N) is 3. The first-order valence-electron chi connectivity index (χ1n) is 11.3. The summed E-state index contributed by atoms with van der Waals surface area (Å²) >= 11 is 0. The zero-order chi connectivity index (χ0) is 26.8. The summed E-state index contributed by atoms with van der Waals surface area (Å²) in [5.74, 6) is -1.71. The first-order chi connectivity index (χ1) is 16.9. The number of hydrogen-bond acceptors (Lipinski definition) is 5. The maximum absolute atomic E-state index is 15.2. The molecule has 3 rings (SSSR count). The third-order valence-electron chi connectivity index (χ3n) is 5.53. The Labute approximate surface area is 204 Å². The van der Waals surface area contributed by atoms with E-state index in [1.807, 2.05) is 6.92 Å². The number of anilines is 2. The molecule has 8 nitrogen and oxygen atoms in total. The summed E-state index contributed by atoms with van der Waals surface area (Å²) in [6.07, 6.45) is -3.45. The lowest BCUT2D eigenvalue weighted by atomic mass is 10.1. The van der Waals surface area contributed by atoms with Crippen molar-refractivity contribution in [2.75, 3.05) is 11.1 Å². The number of alkyl halides is 3. The molecule has 0 radical (unpaired) electrons. The van der Waals surface area contributed by atoms with Crippen LogP contribution in [0.25, 0.3) is 5.69 Å². The highest BCUT2D eigenvalue weighted by Crippen LogP contribution is 2.37. The Hall–Kier alpha value is -3.83. The summed E-state index contributed by atoms with van der Waals surface area (Å²) in [6, 6.07) is 4.88. The monoisotopic (exact) mass is 509 g/mol. The van der Waals surface area contributed by atoms with Gasteiger partial charge >= 0.3 is 11.9 Å². The van der Waals surface area contributed by atoms with Crippen molar-refractivity contribution in [3.05, 3.63) is 63.6 Å². The van der Waals surface area contributed by atoms with E-state index in [1.54, 1.807) is 13.8 Å². The molecule has 1 heterocycles. The highest BCUT2D eigenvalue weighted by Gasteiger charge is 2.34. The summed E-state index contributed by atoms with van der Waals surface area (Å²) in [5, 5.41) is 6.32. The average Bonchev–Trinajstić information content (AvgIpc) is 3.09. The zero-order valence-corrected chi connectivity index (χ0v) is 20.2. The maximum atomic E-state index is 15.2. The summed E-state index contributed by atoms with van der Waals surface area (Å²) in [5.41, 5.74) is 2.44. The third kappa shape index (κ3) is 5.52. The summed E-state index contributed by atoms with van der Waals surface area (Å²) < 4.78 is 63.7. The zero-order valence-electron chi connectivity index (χ0n) is 20.2. The number of ether oxygens (including phenoxy) is 1. The van der Waals surface area contributed by atoms with Gasteiger partial charge in [0.1, 0.15) is 23.1 Å². The van der Waals surface area contributed by atoms with Gasteiger partial charge in [-0.3, -0.25) is 9.36 Å². The second-order valence-electron chi connectivity index (χ2n) is 8.30. The van der Waals surface area contributed by atoms with Crippen LogP contribution in [0.5, 0.6) is 5.75 Å². The van der Waals surface area contributed by atoms with Crippen molar-refractivity contribution in [3.63, 3.8) is 0 Å². The Morgan fingerprint density at radius 3 is 2.50 bits per heavy atom. The van der Waals surface area contributed by atoms with Crippen LogP contribution in [0.15, 0.2) is 35.1 Å². The fourth-order valence-electron chi connectivity index (χ4n) is 3.70. The molecule has 0 aliphatic rings. The Bertz CT molecular complexity index is 1330. The minimum absolute atomic E-state index is 0.107. The van der Waals surface area contributed by atoms with Crippen LogP contribution in [0, 0.1) is 5.82 Å². The molecule has 0 bridgehead atoms. The van der Waals surface area contributed by atoms with E-state index in [2.05, 4.69) is 10.4 Å². The summed E-state index contributed by atoms with van der Waals surface area (Å²) in [6.45, 7) is 5.43. The standard InChI is InChI=1S/C24H27F4N5O3/c1-5-7-13(3)36-20-12-19(33-23(35)32(4)21(6-2)31-33)17(25)11-15(20)22(34)30-18-9-8-14(29)10-16(18)24(26,27)28/h8-13H,5-7,29H2,1-4H3,(H,30,34)/t13-/m0/s1. The van der Waals surface area contributed by atoms with Crippen molar-refractivity contribution < 1.29 is 27.1 Å². The van der Waals surface area contributed by atoms with Gasteiger partial charge in [0.2, 0.25) is 0 Å². The van der Waals surface area contributed by atoms with E-state index in [9.17, 15) is 22.8 Å². The first kappa shape index (κ1) is 26.8. The minimum atomic E-state index is -4.79. The van der Waals surface area contributed by atoms with Gasteiger partial charge in [-0.15, -0.1) is 5.10 Å². The molecule has 1 amide bonds. The number of nitrogen functional groups attached to an aromatic ring is 1. The van der Waals surface area contributed by atoms with Crippen molar-refractivity contribution >= 4 is 17.3 Å². The van der Waals surface area contributed by atoms with Crippen LogP contribution in [0.3, 0.4) is 0 Å². The van der Waals surface area contributed by atoms with E-state index in [0.717, 1.165) is 29.3 Å². The van der Waals surface area contributed by atoms with E-state index in [1.165, 1.54) is 17.7 Å². The van der Waals surface area contributed by atoms with Gasteiger partial charge in [0.15, 0.2) is 0 Å². The third-order valence-corrected chi connectivity index (χ3v) is 5.53. The van der Waals surface area contributed by atoms with Crippen LogP contribution in [0.1, 0.15) is 55.4 Å². The number of nitrogens with one attached hydrogen (secondary N) is 1. The number of nitrogens with two attached hydrogens (primary N) is 1. The second kappa shape index (κ2) is 10.4. The molecule has 1 atom stereocenters. The molecular weight excluding hydrogens is 482 g/mol. The lowest BCUT2D eigenvalue weighted by Crippen LogP contribution is -2.24. The molecule has 3 aromatic rings. The Kier molecular flexibility index (Phi) is 7.75. The van der Waals surface area contributed by atoms with Gasteiger partial charge in [-0.2, -0.15) is 17.9 Å². The largest absolute Gasteiger partial charge is 0.490 e. The van der Waals surface area contributed by atoms with E-state index < -0.39 is 40.9 Å². The van der Waals surface area contributed by atoms with Crippen LogP contribution >= 0.6 is 0 Å². The van der Waals surface area contributed by atoms with Gasteiger partial charge in [0.25, 0.3) is 5.91 Å². The van der Waals surface area contributed by atoms with Gasteiger partial charge in [-0.1, -0.05) is 20.3 Å². The average molecular weight is 510 g/mol. The van der Waals surface area contributed by atoms with Gasteiger partial charge in [0.05, 0.1) is 22.9 Å². The number of carbonyl (C=O) groups excluding carboxylic acids is 1. The highest BCUT2D eigenvalue weighted by atomic mass is 19.4. The van der Waals surface area contributed by atoms with Crippen LogP contribution in [0.4, 0.5) is 28.9 Å². The summed E-state index contributed by atoms with van der Waals surface area (Å²) in [7, 11) is 1.50. The molecule has 12 heteroatoms. The van der Waals surface area contributed by atoms with Crippen LogP contribution in [0.2, 0.25) is 0 Å². The number of rotatable bonds is 8. The van der Waals surface area contributed by atoms with Gasteiger partial charge in [-0.25, -0.2) is 9.18 Å². The van der Waals surface area contributed by atoms with E-state index in [0.29, 0.717) is 24.7 Å². The number of amides is 1. The Balaban J connectivity index is 2.11. The Morgan fingerprint density at radius 2 is 1.92 bits per heavy atom. The highest BCUT2D eigenvalue weighted by molar-refractivity contribution is 6.07. The molecule has 3 N–H and O–H groups in total. The first-order valence-corrected chi connectivity index (χ1v) is 11.3. The summed E-state index contributed by atoms with van der Waals surface area (Å²) in [4.78, 5) is 25.7. The molecule has 2 aromatic carbocycles. The van der Waals surface area contributed by atoms with Crippen molar-refractivity contribution in [1.29, 1.82) is 0 Å². The minimum Gasteiger partial charge on any atom is -0.490 e. The smallest absolute Gasteiger partial charge is 0.418 e. The molecule has 194 valence electrons. The molecule has 1 aromatic heterocycles. The molecule has 36 heavy (non-hydrogen) atoms. The Morgan fingerprint density at radius 1 is 1.22 bits per heavy atom. The molecule has 0 saturated carbocycles. The number of carbonyl (C=O) groups is 1. The fourth-order valence-corrected chi connectivity index (χ4v) is 3.70. The predicted octanol–water partition coefficient (Wildman–Crippen LogP) is 4.69. The van der Waals surface area contributed by atoms with Crippen LogP contribution in [-0.2, 0) is 19.6 Å². The number of halogens is 4. The maximum Gasteiger partial charge on any atom is 0.418 e. The van der Waals surface area contributed by atoms with Gasteiger partial charge < -0.3 is 15.8 Å². The number of hydrogen-bond donors (Lipinski definition) is 2. The normalized spacial score (nSPS) is 12.4. The van der Waals surface area contributed by atoms with E-state index in [-0.39, 0.29) is 22.7 Å². The molecule has 0 spiro atoms. The molecule has 0 aliphatic carbocycles. The van der Waals surface area contributed by atoms with Crippen molar-refractivity contribution in [3.8, 4) is 11.4 Å². The second-order valence-corrected chi connectivity index (χ2v) is 8.30. The quantitative estimate of drug-likeness (QED) is 0.339. The topological polar surface area (TPSA) is 104 Å². The van der Waals surface area contributed by atoms with Crippen molar-refractivity contribution in [2.24, 2.45) is 7.05 Å². The van der Waals surface area contributed by atoms with Gasteiger partial charge in [-0.05, 0) is 37.6 Å². The molecule has 0 saturated heterocycles. The number of benzene rings is 2. The molecular formula is C24H27F4N5O3. The van der Waals surface area contributed by atoms with Gasteiger partial charge in [0, 0.05) is 25.2 Å². The predicted molar refractivity (Wildman–Crippen MR) is 127 cm³/mol. The SMILES string of the molecule is CCC[C@H](C)Oc1cc(-n2nc(CC)n(C)c2=O)c(F)cc1C(=O)Nc1ccc(N)cc1C(F)(F)F. The van der Waals surface area contributed by atoms with E-state index >= 15 is 4.39 Å². The van der Waals surface area contributed by atoms with E-state index in [4.69, 9.17) is 10.5 Å². The fraction of sp³-hybridized carbons (Fsp3) is 0.375. The van der Waals surface area contributed by atoms with Crippen molar-refractivity contribution in [1.82, 2.24) is 14.3 Å². The molecule has 0 unspecified atom stereocenters. The molecule has 0 fully saturated rings. The van der Waals surface area contributed by atoms with Crippen LogP contribution in [-0.4, -0.2) is 26.4 Å². The van der Waals surface area contributed by atoms with Crippen molar-refractivity contribution in [2.45, 2.75) is 52.3 Å².